The Labute approximate surface area is 163 Å². The van der Waals surface area contributed by atoms with Gasteiger partial charge in [0.1, 0.15) is 5.69 Å². The van der Waals surface area contributed by atoms with E-state index >= 15 is 0 Å². The fourth-order valence-corrected chi connectivity index (χ4v) is 4.46. The van der Waals surface area contributed by atoms with Crippen molar-refractivity contribution in [1.29, 1.82) is 0 Å². The first kappa shape index (κ1) is 20.0. The molecule has 8 heteroatoms. The van der Waals surface area contributed by atoms with Crippen LogP contribution in [0, 0.1) is 26.9 Å². The van der Waals surface area contributed by atoms with Crippen LogP contribution in [0.3, 0.4) is 0 Å². The fraction of sp³-hybridized carbons (Fsp3) is 0.550. The number of nitro benzene ring substituents is 1. The number of imide groups is 1. The molecular weight excluding hydrogens is 362 g/mol. The van der Waals surface area contributed by atoms with Crippen molar-refractivity contribution in [2.75, 3.05) is 11.9 Å². The molecule has 1 N–H and O–H groups in total. The van der Waals surface area contributed by atoms with Gasteiger partial charge in [-0.2, -0.15) is 0 Å². The Balaban J connectivity index is 1.60. The van der Waals surface area contributed by atoms with Crippen molar-refractivity contribution in [2.45, 2.75) is 46.5 Å². The lowest BCUT2D eigenvalue weighted by molar-refractivity contribution is -0.383. The number of nitrogens with one attached hydrogen (secondary N) is 1. The monoisotopic (exact) mass is 387 g/mol. The third-order valence-electron chi connectivity index (χ3n) is 6.67. The van der Waals surface area contributed by atoms with Crippen LogP contribution in [0.15, 0.2) is 24.3 Å². The topological polar surface area (TPSA) is 110 Å². The average Bonchev–Trinajstić information content (AvgIpc) is 2.82. The van der Waals surface area contributed by atoms with E-state index in [-0.39, 0.29) is 53.4 Å². The summed E-state index contributed by atoms with van der Waals surface area (Å²) in [5.74, 6) is -0.865. The van der Waals surface area contributed by atoms with E-state index in [0.29, 0.717) is 19.3 Å². The molecule has 1 aromatic rings. The molecule has 2 atom stereocenters. The van der Waals surface area contributed by atoms with Crippen molar-refractivity contribution in [3.63, 3.8) is 0 Å². The lowest BCUT2D eigenvalue weighted by atomic mass is 9.62. The summed E-state index contributed by atoms with van der Waals surface area (Å²) >= 11 is 0. The molecule has 150 valence electrons. The number of carbonyl (C=O) groups excluding carboxylic acids is 3. The number of carbonyl (C=O) groups is 3. The van der Waals surface area contributed by atoms with Gasteiger partial charge in [0.25, 0.3) is 5.69 Å². The molecule has 3 amide bonds. The van der Waals surface area contributed by atoms with Crippen molar-refractivity contribution in [3.8, 4) is 0 Å². The van der Waals surface area contributed by atoms with Gasteiger partial charge in [-0.25, -0.2) is 0 Å². The number of anilines is 1. The van der Waals surface area contributed by atoms with Gasteiger partial charge < -0.3 is 5.32 Å². The highest BCUT2D eigenvalue weighted by atomic mass is 16.6. The lowest BCUT2D eigenvalue weighted by Crippen LogP contribution is -2.59. The van der Waals surface area contributed by atoms with Gasteiger partial charge in [0.05, 0.1) is 10.3 Å². The maximum Gasteiger partial charge on any atom is 0.292 e. The van der Waals surface area contributed by atoms with E-state index in [1.165, 1.54) is 23.1 Å². The van der Waals surface area contributed by atoms with Crippen LogP contribution >= 0.6 is 0 Å². The minimum atomic E-state index is -0.557. The summed E-state index contributed by atoms with van der Waals surface area (Å²) in [5, 5.41) is 13.6. The number of piperidine rings is 1. The highest BCUT2D eigenvalue weighted by Crippen LogP contribution is 2.60. The van der Waals surface area contributed by atoms with Crippen molar-refractivity contribution in [1.82, 2.24) is 4.90 Å². The number of benzene rings is 1. The van der Waals surface area contributed by atoms with E-state index in [9.17, 15) is 24.5 Å². The van der Waals surface area contributed by atoms with E-state index in [2.05, 4.69) is 5.32 Å². The molecule has 1 saturated heterocycles. The zero-order valence-electron chi connectivity index (χ0n) is 16.4. The normalized spacial score (nSPS) is 25.7. The fourth-order valence-electron chi connectivity index (χ4n) is 4.46. The summed E-state index contributed by atoms with van der Waals surface area (Å²) < 4.78 is 0. The van der Waals surface area contributed by atoms with Crippen molar-refractivity contribution in [3.05, 3.63) is 34.4 Å². The molecule has 0 radical (unpaired) electrons. The Morgan fingerprint density at radius 1 is 1.29 bits per heavy atom. The highest BCUT2D eigenvalue weighted by Gasteiger charge is 2.64. The maximum absolute atomic E-state index is 12.9. The molecule has 8 nitrogen and oxygen atoms in total. The largest absolute Gasteiger partial charge is 0.320 e. The number of nitro groups is 1. The predicted octanol–water partition coefficient (Wildman–Crippen LogP) is 3.12. The second kappa shape index (κ2) is 7.00. The van der Waals surface area contributed by atoms with Gasteiger partial charge in [-0.05, 0) is 30.7 Å². The van der Waals surface area contributed by atoms with Crippen molar-refractivity contribution < 1.29 is 19.3 Å². The molecule has 2 bridgehead atoms. The molecule has 1 heterocycles. The van der Waals surface area contributed by atoms with Crippen LogP contribution in [0.1, 0.15) is 46.5 Å². The van der Waals surface area contributed by atoms with Crippen LogP contribution in [0.2, 0.25) is 0 Å². The molecular formula is C20H25N3O5. The van der Waals surface area contributed by atoms with Gasteiger partial charge >= 0.3 is 0 Å². The maximum atomic E-state index is 12.9. The SMILES string of the molecule is CC12CCC(C(=O)N(CCCC(=O)Nc3ccccc3[N+](=O)[O-])C1=O)C2(C)C. The van der Waals surface area contributed by atoms with Gasteiger partial charge in [0.2, 0.25) is 17.7 Å². The number of hydrogen-bond donors (Lipinski definition) is 1. The van der Waals surface area contributed by atoms with E-state index in [1.54, 1.807) is 6.07 Å². The van der Waals surface area contributed by atoms with Crippen molar-refractivity contribution in [2.24, 2.45) is 16.7 Å². The molecule has 2 fully saturated rings. The quantitative estimate of drug-likeness (QED) is 0.458. The minimum absolute atomic E-state index is 0.0634. The Kier molecular flexibility index (Phi) is 4.99. The van der Waals surface area contributed by atoms with E-state index in [1.807, 2.05) is 20.8 Å². The Morgan fingerprint density at radius 3 is 2.64 bits per heavy atom. The molecule has 2 unspecified atom stereocenters. The van der Waals surface area contributed by atoms with Crippen LogP contribution in [-0.4, -0.2) is 34.1 Å². The van der Waals surface area contributed by atoms with Crippen LogP contribution in [0.5, 0.6) is 0 Å². The van der Waals surface area contributed by atoms with Gasteiger partial charge in [-0.3, -0.25) is 29.4 Å². The Hall–Kier alpha value is -2.77. The van der Waals surface area contributed by atoms with E-state index in [4.69, 9.17) is 0 Å². The first-order chi connectivity index (χ1) is 13.1. The first-order valence-corrected chi connectivity index (χ1v) is 9.48. The first-order valence-electron chi connectivity index (χ1n) is 9.48. The smallest absolute Gasteiger partial charge is 0.292 e. The Morgan fingerprint density at radius 2 is 1.96 bits per heavy atom. The molecule has 1 aliphatic carbocycles. The molecule has 2 aliphatic rings. The molecule has 0 spiro atoms. The number of nitrogens with zero attached hydrogens (tertiary/aromatic N) is 2. The summed E-state index contributed by atoms with van der Waals surface area (Å²) in [4.78, 5) is 49.7. The van der Waals surface area contributed by atoms with E-state index in [0.717, 1.165) is 0 Å². The second-order valence-electron chi connectivity index (χ2n) is 8.37. The summed E-state index contributed by atoms with van der Waals surface area (Å²) in [6, 6.07) is 5.91. The summed E-state index contributed by atoms with van der Waals surface area (Å²) in [5.41, 5.74) is -0.960. The third-order valence-corrected chi connectivity index (χ3v) is 6.67. The number of para-hydroxylation sites is 2. The van der Waals surface area contributed by atoms with Gasteiger partial charge in [-0.15, -0.1) is 0 Å². The lowest BCUT2D eigenvalue weighted by Gasteiger charge is -2.47. The number of likely N-dealkylation sites (tertiary alicyclic amines) is 1. The van der Waals surface area contributed by atoms with Crippen LogP contribution in [0.25, 0.3) is 0 Å². The van der Waals surface area contributed by atoms with Gasteiger partial charge in [0, 0.05) is 24.9 Å². The number of hydrogen-bond acceptors (Lipinski definition) is 5. The second-order valence-corrected chi connectivity index (χ2v) is 8.37. The van der Waals surface area contributed by atoms with Crippen LogP contribution in [0.4, 0.5) is 11.4 Å². The van der Waals surface area contributed by atoms with Gasteiger partial charge in [0.15, 0.2) is 0 Å². The average molecular weight is 387 g/mol. The predicted molar refractivity (Wildman–Crippen MR) is 102 cm³/mol. The van der Waals surface area contributed by atoms with Crippen LogP contribution < -0.4 is 5.32 Å². The standard InChI is InChI=1S/C20H25N3O5/c1-19(2)13-10-11-20(19,3)18(26)22(17(13)25)12-6-9-16(24)21-14-7-4-5-8-15(14)23(27)28/h4-5,7-8,13H,6,9-12H2,1-3H3,(H,21,24). The molecule has 1 aromatic carbocycles. The Bertz CT molecular complexity index is 850. The minimum Gasteiger partial charge on any atom is -0.320 e. The number of rotatable bonds is 6. The number of fused-ring (bicyclic) bond motifs is 2. The summed E-state index contributed by atoms with van der Waals surface area (Å²) in [6.07, 6.45) is 1.79. The van der Waals surface area contributed by atoms with Gasteiger partial charge in [-0.1, -0.05) is 32.9 Å². The molecule has 3 rings (SSSR count). The van der Waals surface area contributed by atoms with E-state index < -0.39 is 10.3 Å². The third kappa shape index (κ3) is 3.06. The summed E-state index contributed by atoms with van der Waals surface area (Å²) in [7, 11) is 0. The van der Waals surface area contributed by atoms with Crippen molar-refractivity contribution >= 4 is 29.1 Å². The molecule has 1 saturated carbocycles. The zero-order valence-corrected chi connectivity index (χ0v) is 16.4. The molecule has 28 heavy (non-hydrogen) atoms. The molecule has 1 aliphatic heterocycles. The highest BCUT2D eigenvalue weighted by molar-refractivity contribution is 6.03. The summed E-state index contributed by atoms with van der Waals surface area (Å²) in [6.45, 7) is 6.08. The van der Waals surface area contributed by atoms with Crippen LogP contribution in [-0.2, 0) is 14.4 Å². The number of amides is 3. The zero-order chi connectivity index (χ0) is 20.7. The molecule has 0 aromatic heterocycles.